The first-order chi connectivity index (χ1) is 14.7. The first-order valence-electron chi connectivity index (χ1n) is 9.95. The van der Waals surface area contributed by atoms with E-state index in [0.717, 1.165) is 4.90 Å². The Bertz CT molecular complexity index is 936. The van der Waals surface area contributed by atoms with Gasteiger partial charge in [-0.1, -0.05) is 30.3 Å². The molecule has 164 valence electrons. The molecule has 2 unspecified atom stereocenters. The van der Waals surface area contributed by atoms with E-state index < -0.39 is 40.8 Å². The molecule has 0 aliphatic carbocycles. The number of ether oxygens (including phenoxy) is 1. The van der Waals surface area contributed by atoms with E-state index in [0.29, 0.717) is 17.7 Å². The number of carbonyl (C=O) groups excluding carboxylic acids is 5. The van der Waals surface area contributed by atoms with E-state index >= 15 is 0 Å². The molecule has 3 fully saturated rings. The highest BCUT2D eigenvalue weighted by Gasteiger charge is 2.64. The summed E-state index contributed by atoms with van der Waals surface area (Å²) in [4.78, 5) is 63.9. The van der Waals surface area contributed by atoms with Crippen LogP contribution < -0.4 is 0 Å². The van der Waals surface area contributed by atoms with Gasteiger partial charge in [0.1, 0.15) is 11.4 Å². The van der Waals surface area contributed by atoms with Crippen LogP contribution in [0.2, 0.25) is 0 Å². The summed E-state index contributed by atoms with van der Waals surface area (Å²) in [7, 11) is 0. The summed E-state index contributed by atoms with van der Waals surface area (Å²) in [6, 6.07) is 6.36. The maximum absolute atomic E-state index is 13.0. The van der Waals surface area contributed by atoms with Gasteiger partial charge in [0.15, 0.2) is 18.4 Å². The average molecular weight is 465 g/mol. The van der Waals surface area contributed by atoms with Gasteiger partial charge in [0.05, 0.1) is 4.87 Å². The zero-order valence-corrected chi connectivity index (χ0v) is 18.4. The summed E-state index contributed by atoms with van der Waals surface area (Å²) in [6.07, 6.45) is 0.904. The number of halogens is 1. The number of hydrogen-bond donors (Lipinski definition) is 0. The molecule has 8 nitrogen and oxygen atoms in total. The number of amides is 3. The summed E-state index contributed by atoms with van der Waals surface area (Å²) >= 11 is 7.89. The fourth-order valence-electron chi connectivity index (χ4n) is 4.13. The summed E-state index contributed by atoms with van der Waals surface area (Å²) in [5.41, 5.74) is 0.406. The van der Waals surface area contributed by atoms with Gasteiger partial charge < -0.3 is 9.64 Å². The number of β-lactam (4-membered cyclic amide) rings is 1. The number of carbonyl (C=O) groups is 5. The minimum atomic E-state index is -1.12. The second-order valence-electron chi connectivity index (χ2n) is 7.98. The fourth-order valence-corrected chi connectivity index (χ4v) is 5.98. The third kappa shape index (κ3) is 3.85. The number of fused-ring (bicyclic) bond motifs is 1. The standard InChI is InChI=1S/C21H21ClN2O6S/c1-21(22)11-31-19-16(23-14(26)8-5-9-15(23)27)18(28)24(19)17(21)20(29)30-10-13(25)12-6-3-2-4-7-12/h2-4,6-7,16-17,19H,5,8-11H2,1H3/t16?,17?,19-,21-/m1/s1. The average Bonchev–Trinajstić information content (AvgIpc) is 2.74. The highest BCUT2D eigenvalue weighted by molar-refractivity contribution is 8.00. The molecular formula is C21H21ClN2O6S. The number of imide groups is 1. The Hall–Kier alpha value is -2.39. The van der Waals surface area contributed by atoms with Crippen LogP contribution in [0.5, 0.6) is 0 Å². The van der Waals surface area contributed by atoms with Crippen molar-refractivity contribution in [1.29, 1.82) is 0 Å². The molecule has 0 aromatic heterocycles. The molecule has 3 aliphatic heterocycles. The van der Waals surface area contributed by atoms with Crippen LogP contribution in [0.4, 0.5) is 0 Å². The number of rotatable bonds is 5. The molecule has 3 aliphatic rings. The Labute approximate surface area is 188 Å². The van der Waals surface area contributed by atoms with Crippen molar-refractivity contribution in [3.8, 4) is 0 Å². The Balaban J connectivity index is 1.49. The molecule has 0 bridgehead atoms. The van der Waals surface area contributed by atoms with Crippen LogP contribution in [-0.4, -0.2) is 74.0 Å². The molecule has 10 heteroatoms. The predicted octanol–water partition coefficient (Wildman–Crippen LogP) is 1.60. The molecular weight excluding hydrogens is 444 g/mol. The number of nitrogens with zero attached hydrogens (tertiary/aromatic N) is 2. The van der Waals surface area contributed by atoms with Crippen molar-refractivity contribution >= 4 is 52.8 Å². The summed E-state index contributed by atoms with van der Waals surface area (Å²) in [6.45, 7) is 1.15. The van der Waals surface area contributed by atoms with E-state index in [-0.39, 0.29) is 30.4 Å². The van der Waals surface area contributed by atoms with E-state index in [4.69, 9.17) is 16.3 Å². The minimum Gasteiger partial charge on any atom is -0.456 e. The van der Waals surface area contributed by atoms with Gasteiger partial charge in [0, 0.05) is 24.2 Å². The van der Waals surface area contributed by atoms with Crippen LogP contribution in [0.3, 0.4) is 0 Å². The summed E-state index contributed by atoms with van der Waals surface area (Å²) in [5, 5.41) is -0.562. The predicted molar refractivity (Wildman–Crippen MR) is 112 cm³/mol. The molecule has 31 heavy (non-hydrogen) atoms. The van der Waals surface area contributed by atoms with Crippen LogP contribution >= 0.6 is 23.4 Å². The number of hydrogen-bond acceptors (Lipinski definition) is 7. The van der Waals surface area contributed by atoms with Gasteiger partial charge in [-0.15, -0.1) is 23.4 Å². The molecule has 3 heterocycles. The fraction of sp³-hybridized carbons (Fsp3) is 0.476. The Morgan fingerprint density at radius 2 is 1.81 bits per heavy atom. The van der Waals surface area contributed by atoms with Crippen LogP contribution in [-0.2, 0) is 23.9 Å². The van der Waals surface area contributed by atoms with E-state index in [1.165, 1.54) is 16.7 Å². The Morgan fingerprint density at radius 3 is 2.45 bits per heavy atom. The largest absolute Gasteiger partial charge is 0.456 e. The lowest BCUT2D eigenvalue weighted by atomic mass is 9.92. The molecule has 1 aromatic rings. The number of piperidine rings is 1. The lowest BCUT2D eigenvalue weighted by Crippen LogP contribution is -2.79. The zero-order chi connectivity index (χ0) is 22.3. The van der Waals surface area contributed by atoms with Crippen molar-refractivity contribution in [2.45, 2.75) is 48.5 Å². The maximum atomic E-state index is 13.0. The molecule has 0 radical (unpaired) electrons. The molecule has 1 aromatic carbocycles. The van der Waals surface area contributed by atoms with E-state index in [9.17, 15) is 24.0 Å². The smallest absolute Gasteiger partial charge is 0.331 e. The highest BCUT2D eigenvalue weighted by Crippen LogP contribution is 2.47. The molecule has 0 saturated carbocycles. The summed E-state index contributed by atoms with van der Waals surface area (Å²) in [5.74, 6) is -2.10. The van der Waals surface area contributed by atoms with Crippen LogP contribution in [0.1, 0.15) is 36.5 Å². The van der Waals surface area contributed by atoms with Crippen molar-refractivity contribution in [2.24, 2.45) is 0 Å². The third-order valence-electron chi connectivity index (χ3n) is 5.70. The van der Waals surface area contributed by atoms with Crippen LogP contribution in [0.25, 0.3) is 0 Å². The van der Waals surface area contributed by atoms with Crippen molar-refractivity contribution in [3.63, 3.8) is 0 Å². The van der Waals surface area contributed by atoms with Gasteiger partial charge in [-0.3, -0.25) is 24.1 Å². The number of benzene rings is 1. The van der Waals surface area contributed by atoms with Gasteiger partial charge in [-0.2, -0.15) is 0 Å². The second-order valence-corrected chi connectivity index (χ2v) is 9.95. The second kappa shape index (κ2) is 8.27. The number of ketones is 1. The molecule has 0 N–H and O–H groups in total. The maximum Gasteiger partial charge on any atom is 0.331 e. The number of alkyl halides is 1. The Kier molecular flexibility index (Phi) is 5.83. The molecule has 4 atom stereocenters. The number of esters is 1. The van der Waals surface area contributed by atoms with Crippen molar-refractivity contribution in [2.75, 3.05) is 12.4 Å². The highest BCUT2D eigenvalue weighted by atomic mass is 35.5. The lowest BCUT2D eigenvalue weighted by molar-refractivity contribution is -0.177. The topological polar surface area (TPSA) is 101 Å². The van der Waals surface area contributed by atoms with E-state index in [1.807, 2.05) is 0 Å². The quantitative estimate of drug-likeness (QED) is 0.214. The van der Waals surface area contributed by atoms with Gasteiger partial charge >= 0.3 is 5.97 Å². The van der Waals surface area contributed by atoms with Gasteiger partial charge in [-0.25, -0.2) is 4.79 Å². The number of Topliss-reactive ketones (excluding diaryl/α,β-unsaturated/α-hetero) is 1. The van der Waals surface area contributed by atoms with E-state index in [1.54, 1.807) is 37.3 Å². The Morgan fingerprint density at radius 1 is 1.16 bits per heavy atom. The molecule has 0 spiro atoms. The summed E-state index contributed by atoms with van der Waals surface area (Å²) < 4.78 is 5.23. The zero-order valence-electron chi connectivity index (χ0n) is 16.8. The first kappa shape index (κ1) is 21.8. The van der Waals surface area contributed by atoms with Crippen molar-refractivity contribution < 1.29 is 28.7 Å². The SMILES string of the molecule is C[C@@]1(Cl)CS[C@@H]2C(N3C(=O)CCCC3=O)C(=O)N2C1C(=O)OCC(=O)c1ccccc1. The third-order valence-corrected chi connectivity index (χ3v) is 7.79. The van der Waals surface area contributed by atoms with Crippen LogP contribution in [0, 0.1) is 0 Å². The van der Waals surface area contributed by atoms with Crippen molar-refractivity contribution in [3.05, 3.63) is 35.9 Å². The van der Waals surface area contributed by atoms with Crippen LogP contribution in [0.15, 0.2) is 30.3 Å². The van der Waals surface area contributed by atoms with Gasteiger partial charge in [0.25, 0.3) is 5.91 Å². The van der Waals surface area contributed by atoms with E-state index in [2.05, 4.69) is 0 Å². The molecule has 3 saturated heterocycles. The van der Waals surface area contributed by atoms with Crippen molar-refractivity contribution in [1.82, 2.24) is 9.80 Å². The normalized spacial score (nSPS) is 30.5. The first-order valence-corrected chi connectivity index (χ1v) is 11.4. The molecule has 4 rings (SSSR count). The van der Waals surface area contributed by atoms with Gasteiger partial charge in [0.2, 0.25) is 11.8 Å². The number of thioether (sulfide) groups is 1. The van der Waals surface area contributed by atoms with Gasteiger partial charge in [-0.05, 0) is 13.3 Å². The monoisotopic (exact) mass is 464 g/mol. The number of likely N-dealkylation sites (tertiary alicyclic amines) is 1. The molecule has 3 amide bonds. The lowest BCUT2D eigenvalue weighted by Gasteiger charge is -2.58. The minimum absolute atomic E-state index is 0.215.